The summed E-state index contributed by atoms with van der Waals surface area (Å²) in [5.41, 5.74) is 4.87. The number of benzene rings is 2. The topological polar surface area (TPSA) is 75.1 Å². The van der Waals surface area contributed by atoms with Gasteiger partial charge in [0.05, 0.1) is 19.8 Å². The molecule has 0 aromatic heterocycles. The van der Waals surface area contributed by atoms with Gasteiger partial charge in [0.1, 0.15) is 19.1 Å². The number of hydrogen-bond donors (Lipinski definition) is 3. The van der Waals surface area contributed by atoms with E-state index in [-0.39, 0.29) is 6.04 Å². The number of nitrogens with zero attached hydrogens (tertiary/aromatic N) is 1. The lowest BCUT2D eigenvalue weighted by molar-refractivity contribution is -0.937. The van der Waals surface area contributed by atoms with E-state index < -0.39 is 11.8 Å². The molecule has 0 radical (unpaired) electrons. The first kappa shape index (κ1) is 22.8. The van der Waals surface area contributed by atoms with Crippen LogP contribution in [-0.4, -0.2) is 58.8 Å². The first-order valence-electron chi connectivity index (χ1n) is 10.7. The molecule has 0 saturated carbocycles. The lowest BCUT2D eigenvalue weighted by Gasteiger charge is -2.32. The van der Waals surface area contributed by atoms with E-state index in [0.717, 1.165) is 35.5 Å². The number of ether oxygens (including phenoxy) is 1. The summed E-state index contributed by atoms with van der Waals surface area (Å²) in [6, 6.07) is 14.2. The monoisotopic (exact) mass is 425 g/mol. The van der Waals surface area contributed by atoms with Crippen LogP contribution >= 0.6 is 0 Å². The van der Waals surface area contributed by atoms with Gasteiger partial charge in [-0.15, -0.1) is 0 Å². The molecule has 7 nitrogen and oxygen atoms in total. The fraction of sp³-hybridized carbons (Fsp3) is 0.417. The molecule has 1 atom stereocenters. The van der Waals surface area contributed by atoms with E-state index in [1.807, 2.05) is 46.1 Å². The average molecular weight is 426 g/mol. The predicted molar refractivity (Wildman–Crippen MR) is 123 cm³/mol. The van der Waals surface area contributed by atoms with Crippen LogP contribution in [0.1, 0.15) is 22.7 Å². The fourth-order valence-corrected chi connectivity index (χ4v) is 3.81. The summed E-state index contributed by atoms with van der Waals surface area (Å²) >= 11 is 0. The maximum absolute atomic E-state index is 12.5. The predicted octanol–water partition coefficient (Wildman–Crippen LogP) is 1.08. The van der Waals surface area contributed by atoms with E-state index >= 15 is 0 Å². The van der Waals surface area contributed by atoms with E-state index in [0.29, 0.717) is 25.4 Å². The molecule has 0 aliphatic carbocycles. The summed E-state index contributed by atoms with van der Waals surface area (Å²) in [5.74, 6) is -1.27. The third-order valence-electron chi connectivity index (χ3n) is 5.75. The maximum atomic E-state index is 12.5. The quantitative estimate of drug-likeness (QED) is 0.606. The largest absolute Gasteiger partial charge is 0.378 e. The SMILES string of the molecule is Cc1ccc(C)c(NC(=O)C(=O)NC[C@H](c2ccc(N(C)C)cc2)[NH+]2CCOCC2)c1. The van der Waals surface area contributed by atoms with Gasteiger partial charge in [-0.2, -0.15) is 0 Å². The number of amides is 2. The zero-order valence-electron chi connectivity index (χ0n) is 18.8. The highest BCUT2D eigenvalue weighted by Crippen LogP contribution is 2.17. The summed E-state index contributed by atoms with van der Waals surface area (Å²) in [7, 11) is 4.02. The second-order valence-electron chi connectivity index (χ2n) is 8.29. The van der Waals surface area contributed by atoms with E-state index in [1.54, 1.807) is 0 Å². The summed E-state index contributed by atoms with van der Waals surface area (Å²) in [6.07, 6.45) is 0. The molecule has 0 spiro atoms. The van der Waals surface area contributed by atoms with E-state index in [2.05, 4.69) is 39.8 Å². The number of carbonyl (C=O) groups is 2. The van der Waals surface area contributed by atoms with Crippen molar-refractivity contribution in [2.75, 3.05) is 57.2 Å². The number of hydrogen-bond acceptors (Lipinski definition) is 4. The molecule has 2 amide bonds. The second kappa shape index (κ2) is 10.4. The van der Waals surface area contributed by atoms with E-state index in [9.17, 15) is 9.59 Å². The maximum Gasteiger partial charge on any atom is 0.313 e. The summed E-state index contributed by atoms with van der Waals surface area (Å²) in [5, 5.41) is 5.58. The number of aryl methyl sites for hydroxylation is 2. The van der Waals surface area contributed by atoms with Gasteiger partial charge < -0.3 is 25.2 Å². The van der Waals surface area contributed by atoms with Crippen LogP contribution in [0, 0.1) is 13.8 Å². The molecular formula is C24H33N4O3+. The molecule has 2 aromatic carbocycles. The van der Waals surface area contributed by atoms with E-state index in [4.69, 9.17) is 4.74 Å². The van der Waals surface area contributed by atoms with Crippen LogP contribution in [0.3, 0.4) is 0 Å². The Hall–Kier alpha value is -2.90. The highest BCUT2D eigenvalue weighted by atomic mass is 16.5. The molecule has 1 heterocycles. The number of nitrogens with one attached hydrogen (secondary N) is 3. The van der Waals surface area contributed by atoms with Gasteiger partial charge in [0.2, 0.25) is 0 Å². The Morgan fingerprint density at radius 1 is 1.03 bits per heavy atom. The summed E-state index contributed by atoms with van der Waals surface area (Å²) in [4.78, 5) is 28.4. The second-order valence-corrected chi connectivity index (χ2v) is 8.29. The number of quaternary nitrogens is 1. The Morgan fingerprint density at radius 2 is 1.71 bits per heavy atom. The molecule has 1 aliphatic heterocycles. The van der Waals surface area contributed by atoms with Gasteiger partial charge in [-0.25, -0.2) is 0 Å². The molecule has 7 heteroatoms. The van der Waals surface area contributed by atoms with Crippen LogP contribution in [0.4, 0.5) is 11.4 Å². The zero-order chi connectivity index (χ0) is 22.4. The zero-order valence-corrected chi connectivity index (χ0v) is 18.8. The number of carbonyl (C=O) groups excluding carboxylic acids is 2. The van der Waals surface area contributed by atoms with Gasteiger partial charge in [0.25, 0.3) is 0 Å². The van der Waals surface area contributed by atoms with Crippen LogP contribution in [-0.2, 0) is 14.3 Å². The van der Waals surface area contributed by atoms with Crippen LogP contribution in [0.2, 0.25) is 0 Å². The Kier molecular flexibility index (Phi) is 7.65. The van der Waals surface area contributed by atoms with Gasteiger partial charge in [-0.1, -0.05) is 24.3 Å². The lowest BCUT2D eigenvalue weighted by Crippen LogP contribution is -3.15. The molecule has 166 valence electrons. The standard InChI is InChI=1S/C24H32N4O3/c1-17-5-6-18(2)21(15-17)26-24(30)23(29)25-16-22(28-11-13-31-14-12-28)19-7-9-20(10-8-19)27(3)4/h5-10,15,22H,11-14,16H2,1-4H3,(H,25,29)(H,26,30)/p+1/t22-/m1/s1. The van der Waals surface area contributed by atoms with Crippen LogP contribution in [0.15, 0.2) is 42.5 Å². The molecule has 2 aromatic rings. The minimum Gasteiger partial charge on any atom is -0.378 e. The van der Waals surface area contributed by atoms with Crippen molar-refractivity contribution in [2.45, 2.75) is 19.9 Å². The van der Waals surface area contributed by atoms with Gasteiger partial charge in [0.15, 0.2) is 0 Å². The van der Waals surface area contributed by atoms with Crippen LogP contribution < -0.4 is 20.4 Å². The van der Waals surface area contributed by atoms with Crippen molar-refractivity contribution >= 4 is 23.2 Å². The van der Waals surface area contributed by atoms with Crippen molar-refractivity contribution in [3.63, 3.8) is 0 Å². The number of rotatable bonds is 6. The van der Waals surface area contributed by atoms with Crippen LogP contribution in [0.25, 0.3) is 0 Å². The molecule has 31 heavy (non-hydrogen) atoms. The summed E-state index contributed by atoms with van der Waals surface area (Å²) in [6.45, 7) is 7.37. The highest BCUT2D eigenvalue weighted by molar-refractivity contribution is 6.39. The van der Waals surface area contributed by atoms with E-state index in [1.165, 1.54) is 4.90 Å². The average Bonchev–Trinajstić information content (AvgIpc) is 2.77. The van der Waals surface area contributed by atoms with Crippen molar-refractivity contribution in [3.8, 4) is 0 Å². The Bertz CT molecular complexity index is 906. The molecule has 0 bridgehead atoms. The molecule has 3 N–H and O–H groups in total. The van der Waals surface area contributed by atoms with Crippen molar-refractivity contribution in [1.82, 2.24) is 5.32 Å². The normalized spacial score (nSPS) is 15.2. The smallest absolute Gasteiger partial charge is 0.313 e. The van der Waals surface area contributed by atoms with Crippen LogP contribution in [0.5, 0.6) is 0 Å². The lowest BCUT2D eigenvalue weighted by atomic mass is 10.0. The Balaban J connectivity index is 1.68. The number of morpholine rings is 1. The summed E-state index contributed by atoms with van der Waals surface area (Å²) < 4.78 is 5.51. The van der Waals surface area contributed by atoms with Gasteiger partial charge in [-0.05, 0) is 43.2 Å². The van der Waals surface area contributed by atoms with Crippen molar-refractivity contribution in [3.05, 3.63) is 59.2 Å². The van der Waals surface area contributed by atoms with Gasteiger partial charge in [0, 0.05) is 31.0 Å². The van der Waals surface area contributed by atoms with Crippen molar-refractivity contribution < 1.29 is 19.2 Å². The van der Waals surface area contributed by atoms with Crippen molar-refractivity contribution in [1.29, 1.82) is 0 Å². The minimum atomic E-state index is -0.646. The minimum absolute atomic E-state index is 0.0533. The third kappa shape index (κ3) is 6.06. The Morgan fingerprint density at radius 3 is 2.35 bits per heavy atom. The van der Waals surface area contributed by atoms with Gasteiger partial charge in [-0.3, -0.25) is 9.59 Å². The molecule has 1 aliphatic rings. The molecule has 1 saturated heterocycles. The third-order valence-corrected chi connectivity index (χ3v) is 5.75. The fourth-order valence-electron chi connectivity index (χ4n) is 3.81. The molecule has 0 unspecified atom stereocenters. The van der Waals surface area contributed by atoms with Gasteiger partial charge >= 0.3 is 11.8 Å². The first-order valence-corrected chi connectivity index (χ1v) is 10.7. The number of anilines is 2. The molecule has 1 fully saturated rings. The Labute approximate surface area is 184 Å². The molecular weight excluding hydrogens is 392 g/mol. The van der Waals surface area contributed by atoms with Crippen molar-refractivity contribution in [2.24, 2.45) is 0 Å². The first-order chi connectivity index (χ1) is 14.8. The molecule has 3 rings (SSSR count). The highest BCUT2D eigenvalue weighted by Gasteiger charge is 2.28.